The first-order valence-electron chi connectivity index (χ1n) is 16.9. The van der Waals surface area contributed by atoms with Crippen LogP contribution >= 0.6 is 11.6 Å². The molecule has 0 aliphatic carbocycles. The van der Waals surface area contributed by atoms with Gasteiger partial charge in [-0.1, -0.05) is 36.7 Å². The molecule has 6 aromatic rings. The Kier molecular flexibility index (Phi) is 8.93. The largest absolute Gasteiger partial charge is 0.504 e. The number of halogens is 2. The standard InChI is InChI=1S/C39H39ClFN7O3/c1-6-26-27-9-7-8-10-31(27)45-37(26)48(24-11-14-34(43-21-24)47-18-16-25(22-47)46(5)38(50)51-39(2,3)4)33-15-17-42-32-13-12-30(44-35(32)33)23-19-28(40)36(49)29(41)20-23/h7-15,17,19-21,25,45,49H,6,16,18,22H2,1-5H3. The van der Waals surface area contributed by atoms with Crippen LogP contribution in [0, 0.1) is 5.82 Å². The van der Waals surface area contributed by atoms with Crippen molar-refractivity contribution in [3.8, 4) is 17.0 Å². The van der Waals surface area contributed by atoms with Crippen LogP contribution in [0.2, 0.25) is 5.02 Å². The second-order valence-electron chi connectivity index (χ2n) is 13.7. The highest BCUT2D eigenvalue weighted by Crippen LogP contribution is 2.42. The molecule has 0 saturated carbocycles. The third-order valence-electron chi connectivity index (χ3n) is 9.19. The van der Waals surface area contributed by atoms with Gasteiger partial charge in [-0.05, 0) is 82.1 Å². The molecule has 262 valence electrons. The summed E-state index contributed by atoms with van der Waals surface area (Å²) in [6.45, 7) is 9.11. The maximum absolute atomic E-state index is 14.6. The molecule has 1 atom stereocenters. The monoisotopic (exact) mass is 707 g/mol. The number of amides is 1. The third-order valence-corrected chi connectivity index (χ3v) is 9.48. The van der Waals surface area contributed by atoms with Crippen LogP contribution in [0.5, 0.6) is 5.75 Å². The molecule has 7 rings (SSSR count). The van der Waals surface area contributed by atoms with Gasteiger partial charge in [0.25, 0.3) is 0 Å². The van der Waals surface area contributed by atoms with Gasteiger partial charge in [0, 0.05) is 48.4 Å². The maximum atomic E-state index is 14.6. The Hall–Kier alpha value is -5.42. The molecule has 4 aromatic heterocycles. The van der Waals surface area contributed by atoms with Crippen LogP contribution in [-0.4, -0.2) is 67.8 Å². The Morgan fingerprint density at radius 2 is 1.92 bits per heavy atom. The molecule has 10 nitrogen and oxygen atoms in total. The van der Waals surface area contributed by atoms with Crippen molar-refractivity contribution in [1.82, 2.24) is 24.8 Å². The number of benzene rings is 2. The molecule has 12 heteroatoms. The van der Waals surface area contributed by atoms with Gasteiger partial charge in [-0.3, -0.25) is 9.88 Å². The highest BCUT2D eigenvalue weighted by molar-refractivity contribution is 6.32. The van der Waals surface area contributed by atoms with Crippen molar-refractivity contribution >= 4 is 62.6 Å². The number of pyridine rings is 3. The highest BCUT2D eigenvalue weighted by atomic mass is 35.5. The minimum absolute atomic E-state index is 0.00308. The first-order valence-corrected chi connectivity index (χ1v) is 17.3. The van der Waals surface area contributed by atoms with Crippen LogP contribution in [0.3, 0.4) is 0 Å². The lowest BCUT2D eigenvalue weighted by molar-refractivity contribution is 0.0238. The predicted octanol–water partition coefficient (Wildman–Crippen LogP) is 9.15. The normalized spacial score (nSPS) is 14.7. The van der Waals surface area contributed by atoms with Gasteiger partial charge in [-0.15, -0.1) is 0 Å². The first kappa shape index (κ1) is 34.0. The van der Waals surface area contributed by atoms with Gasteiger partial charge >= 0.3 is 6.09 Å². The number of aromatic hydroxyl groups is 1. The number of phenols is 1. The number of ether oxygens (including phenoxy) is 1. The molecule has 5 heterocycles. The summed E-state index contributed by atoms with van der Waals surface area (Å²) in [5.74, 6) is 0.241. The van der Waals surface area contributed by atoms with Gasteiger partial charge < -0.3 is 24.6 Å². The number of aromatic amines is 1. The number of nitrogens with zero attached hydrogens (tertiary/aromatic N) is 6. The van der Waals surface area contributed by atoms with Gasteiger partial charge in [0.2, 0.25) is 0 Å². The molecule has 0 radical (unpaired) electrons. The number of fused-ring (bicyclic) bond motifs is 2. The number of aromatic nitrogens is 4. The number of carbonyl (C=O) groups excluding carboxylic acids is 1. The number of nitrogens with one attached hydrogen (secondary N) is 1. The fraction of sp³-hybridized carbons (Fsp3) is 0.282. The summed E-state index contributed by atoms with van der Waals surface area (Å²) in [4.78, 5) is 36.9. The molecule has 0 spiro atoms. The van der Waals surface area contributed by atoms with Crippen LogP contribution in [0.25, 0.3) is 33.2 Å². The van der Waals surface area contributed by atoms with E-state index in [-0.39, 0.29) is 17.2 Å². The quantitative estimate of drug-likeness (QED) is 0.169. The molecule has 1 aliphatic heterocycles. The molecule has 0 bridgehead atoms. The average molecular weight is 708 g/mol. The van der Waals surface area contributed by atoms with Gasteiger partial charge in [0.1, 0.15) is 22.8 Å². The number of aryl methyl sites for hydroxylation is 1. The topological polar surface area (TPSA) is 111 Å². The molecule has 1 amide bonds. The van der Waals surface area contributed by atoms with Crippen LogP contribution < -0.4 is 9.80 Å². The van der Waals surface area contributed by atoms with Crippen LogP contribution in [0.1, 0.15) is 39.7 Å². The van der Waals surface area contributed by atoms with Crippen molar-refractivity contribution in [2.75, 3.05) is 29.9 Å². The first-order chi connectivity index (χ1) is 24.4. The van der Waals surface area contributed by atoms with Gasteiger partial charge in [0.05, 0.1) is 39.8 Å². The van der Waals surface area contributed by atoms with Gasteiger partial charge in [-0.2, -0.15) is 0 Å². The second kappa shape index (κ2) is 13.4. The van der Waals surface area contributed by atoms with Crippen molar-refractivity contribution in [1.29, 1.82) is 0 Å². The Labute approximate surface area is 300 Å². The minimum atomic E-state index is -0.829. The molecule has 51 heavy (non-hydrogen) atoms. The Morgan fingerprint density at radius 3 is 2.65 bits per heavy atom. The van der Waals surface area contributed by atoms with E-state index in [2.05, 4.69) is 38.8 Å². The predicted molar refractivity (Wildman–Crippen MR) is 200 cm³/mol. The van der Waals surface area contributed by atoms with Crippen LogP contribution in [0.15, 0.2) is 79.1 Å². The zero-order chi connectivity index (χ0) is 36.0. The van der Waals surface area contributed by atoms with Gasteiger partial charge in [0.15, 0.2) is 11.6 Å². The molecule has 1 saturated heterocycles. The Bertz CT molecular complexity index is 2230. The zero-order valence-corrected chi connectivity index (χ0v) is 29.9. The minimum Gasteiger partial charge on any atom is -0.504 e. The van der Waals surface area contributed by atoms with Crippen molar-refractivity contribution < 1.29 is 19.0 Å². The van der Waals surface area contributed by atoms with E-state index in [1.807, 2.05) is 63.4 Å². The number of hydrogen-bond donors (Lipinski definition) is 2. The molecule has 2 N–H and O–H groups in total. The highest BCUT2D eigenvalue weighted by Gasteiger charge is 2.32. The number of likely N-dealkylation sites (N-methyl/N-ethyl adjacent to an activating group) is 1. The number of phenolic OH excluding ortho intramolecular Hbond substituents is 1. The van der Waals surface area contributed by atoms with Gasteiger partial charge in [-0.25, -0.2) is 19.2 Å². The van der Waals surface area contributed by atoms with Crippen LogP contribution in [-0.2, 0) is 11.2 Å². The molecule has 1 fully saturated rings. The number of para-hydroxylation sites is 1. The average Bonchev–Trinajstić information content (AvgIpc) is 3.75. The molecule has 1 aliphatic rings. The van der Waals surface area contributed by atoms with Crippen LogP contribution in [0.4, 0.5) is 32.2 Å². The lowest BCUT2D eigenvalue weighted by Crippen LogP contribution is -2.42. The summed E-state index contributed by atoms with van der Waals surface area (Å²) < 4.78 is 20.2. The third kappa shape index (κ3) is 6.61. The summed E-state index contributed by atoms with van der Waals surface area (Å²) in [6, 6.07) is 20.4. The van der Waals surface area contributed by atoms with E-state index < -0.39 is 17.2 Å². The van der Waals surface area contributed by atoms with E-state index in [1.165, 1.54) is 12.1 Å². The van der Waals surface area contributed by atoms with E-state index in [0.29, 0.717) is 28.8 Å². The number of H-pyrrole nitrogens is 1. The number of rotatable bonds is 7. The molecule has 2 aromatic carbocycles. The number of hydrogen-bond acceptors (Lipinski definition) is 8. The fourth-order valence-corrected chi connectivity index (χ4v) is 6.84. The summed E-state index contributed by atoms with van der Waals surface area (Å²) in [6.07, 6.45) is 4.81. The van der Waals surface area contributed by atoms with Crippen molar-refractivity contribution in [3.63, 3.8) is 0 Å². The molecule has 1 unspecified atom stereocenters. The second-order valence-corrected chi connectivity index (χ2v) is 14.1. The SMILES string of the molecule is CCc1c(N(c2ccc(N3CCC(N(C)C(=O)OC(C)(C)C)C3)nc2)c2ccnc3ccc(-c4cc(F)c(O)c(Cl)c4)nc23)[nH]c2ccccc12. The summed E-state index contributed by atoms with van der Waals surface area (Å²) in [5, 5.41) is 10.9. The Morgan fingerprint density at radius 1 is 1.12 bits per heavy atom. The van der Waals surface area contributed by atoms with E-state index in [1.54, 1.807) is 24.2 Å². The molecular formula is C39H39ClFN7O3. The van der Waals surface area contributed by atoms with E-state index >= 15 is 0 Å². The van der Waals surface area contributed by atoms with E-state index in [9.17, 15) is 14.3 Å². The molecular weight excluding hydrogens is 669 g/mol. The van der Waals surface area contributed by atoms with E-state index in [4.69, 9.17) is 26.3 Å². The summed E-state index contributed by atoms with van der Waals surface area (Å²) in [7, 11) is 1.79. The van der Waals surface area contributed by atoms with Crippen molar-refractivity contribution in [3.05, 3.63) is 95.5 Å². The summed E-state index contributed by atoms with van der Waals surface area (Å²) in [5.41, 5.74) is 5.20. The fourth-order valence-electron chi connectivity index (χ4n) is 6.64. The summed E-state index contributed by atoms with van der Waals surface area (Å²) >= 11 is 6.15. The lowest BCUT2D eigenvalue weighted by Gasteiger charge is -2.29. The lowest BCUT2D eigenvalue weighted by atomic mass is 10.1. The number of anilines is 4. The number of carbonyl (C=O) groups is 1. The maximum Gasteiger partial charge on any atom is 0.410 e. The smallest absolute Gasteiger partial charge is 0.410 e. The van der Waals surface area contributed by atoms with Crippen molar-refractivity contribution in [2.24, 2.45) is 0 Å². The van der Waals surface area contributed by atoms with Crippen molar-refractivity contribution in [2.45, 2.75) is 52.2 Å². The zero-order valence-electron chi connectivity index (χ0n) is 29.1. The Balaban J connectivity index is 1.30. The van der Waals surface area contributed by atoms with E-state index in [0.717, 1.165) is 58.9 Å².